The van der Waals surface area contributed by atoms with E-state index in [0.717, 1.165) is 53.3 Å². The number of halogens is 1. The number of methoxy groups -OCH3 is 2. The van der Waals surface area contributed by atoms with Crippen molar-refractivity contribution in [2.75, 3.05) is 50.2 Å². The second-order valence-electron chi connectivity index (χ2n) is 8.03. The van der Waals surface area contributed by atoms with E-state index < -0.39 is 0 Å². The average Bonchev–Trinajstić information content (AvgIpc) is 3.27. The largest absolute Gasteiger partial charge is 0.493 e. The molecule has 4 aromatic rings. The first-order valence-corrected chi connectivity index (χ1v) is 12.1. The zero-order valence-corrected chi connectivity index (χ0v) is 20.4. The molecule has 8 heteroatoms. The molecule has 1 aliphatic heterocycles. The number of aryl methyl sites for hydroxylation is 1. The molecule has 170 valence electrons. The van der Waals surface area contributed by atoms with Crippen molar-refractivity contribution in [1.82, 2.24) is 9.97 Å². The molecule has 0 saturated carbocycles. The van der Waals surface area contributed by atoms with E-state index in [1.165, 1.54) is 11.3 Å². The number of piperazine rings is 1. The molecular formula is C25H25ClN4O2S. The first-order chi connectivity index (χ1) is 16.1. The van der Waals surface area contributed by atoms with Gasteiger partial charge in [0.1, 0.15) is 10.6 Å². The fraction of sp³-hybridized carbons (Fsp3) is 0.280. The molecule has 2 aromatic heterocycles. The van der Waals surface area contributed by atoms with E-state index in [9.17, 15) is 0 Å². The van der Waals surface area contributed by atoms with Gasteiger partial charge in [0.25, 0.3) is 0 Å². The van der Waals surface area contributed by atoms with Crippen LogP contribution >= 0.6 is 22.9 Å². The van der Waals surface area contributed by atoms with Crippen LogP contribution in [0.15, 0.2) is 47.8 Å². The van der Waals surface area contributed by atoms with Crippen LogP contribution < -0.4 is 19.3 Å². The molecular weight excluding hydrogens is 456 g/mol. The van der Waals surface area contributed by atoms with E-state index >= 15 is 0 Å². The number of anilines is 2. The highest BCUT2D eigenvalue weighted by Gasteiger charge is 2.24. The van der Waals surface area contributed by atoms with E-state index in [4.69, 9.17) is 21.1 Å². The van der Waals surface area contributed by atoms with Crippen LogP contribution in [0.3, 0.4) is 0 Å². The fourth-order valence-corrected chi connectivity index (χ4v) is 5.50. The topological polar surface area (TPSA) is 50.7 Å². The van der Waals surface area contributed by atoms with Gasteiger partial charge in [0.15, 0.2) is 11.5 Å². The summed E-state index contributed by atoms with van der Waals surface area (Å²) in [6, 6.07) is 14.6. The quantitative estimate of drug-likeness (QED) is 0.343. The summed E-state index contributed by atoms with van der Waals surface area (Å²) >= 11 is 7.92. The fourth-order valence-electron chi connectivity index (χ4n) is 4.34. The number of hydrogen-bond acceptors (Lipinski definition) is 7. The first kappa shape index (κ1) is 21.8. The Morgan fingerprint density at radius 3 is 2.39 bits per heavy atom. The van der Waals surface area contributed by atoms with Crippen LogP contribution in [-0.4, -0.2) is 50.4 Å². The predicted octanol–water partition coefficient (Wildman–Crippen LogP) is 5.66. The number of thiophene rings is 1. The Morgan fingerprint density at radius 1 is 0.909 bits per heavy atom. The number of ether oxygens (including phenoxy) is 2. The normalized spacial score (nSPS) is 14.1. The molecule has 0 spiro atoms. The van der Waals surface area contributed by atoms with Gasteiger partial charge in [0.2, 0.25) is 5.28 Å². The van der Waals surface area contributed by atoms with E-state index in [0.29, 0.717) is 11.5 Å². The van der Waals surface area contributed by atoms with Crippen LogP contribution in [0.5, 0.6) is 11.5 Å². The van der Waals surface area contributed by atoms with Crippen LogP contribution in [0.25, 0.3) is 21.3 Å². The molecule has 1 aliphatic rings. The predicted molar refractivity (Wildman–Crippen MR) is 137 cm³/mol. The van der Waals surface area contributed by atoms with Crippen molar-refractivity contribution < 1.29 is 9.47 Å². The van der Waals surface area contributed by atoms with Crippen LogP contribution in [-0.2, 0) is 0 Å². The minimum Gasteiger partial charge on any atom is -0.493 e. The molecule has 2 aromatic carbocycles. The van der Waals surface area contributed by atoms with Crippen LogP contribution in [0.4, 0.5) is 11.5 Å². The Bertz CT molecular complexity index is 1300. The van der Waals surface area contributed by atoms with Gasteiger partial charge in [0, 0.05) is 42.8 Å². The Labute approximate surface area is 202 Å². The third-order valence-electron chi connectivity index (χ3n) is 6.03. The molecule has 1 saturated heterocycles. The molecule has 0 aliphatic carbocycles. The lowest BCUT2D eigenvalue weighted by Crippen LogP contribution is -2.47. The van der Waals surface area contributed by atoms with Gasteiger partial charge in [-0.05, 0) is 53.9 Å². The molecule has 3 heterocycles. The molecule has 0 radical (unpaired) electrons. The standard InChI is InChI=1S/C25H25ClN4O2S/c1-16-5-4-6-18(13-16)29-9-11-30(12-10-29)23-22-19(15-33-24(22)28-25(26)27-23)17-7-8-20(31-2)21(14-17)32-3/h4-8,13-15H,9-12H2,1-3H3. The SMILES string of the molecule is COc1ccc(-c2csc3nc(Cl)nc(N4CCN(c5cccc(C)c5)CC4)c23)cc1OC. The number of benzene rings is 2. The lowest BCUT2D eigenvalue weighted by molar-refractivity contribution is 0.355. The summed E-state index contributed by atoms with van der Waals surface area (Å²) in [4.78, 5) is 14.8. The first-order valence-electron chi connectivity index (χ1n) is 10.8. The third kappa shape index (κ3) is 4.18. The van der Waals surface area contributed by atoms with Crippen molar-refractivity contribution >= 4 is 44.7 Å². The Morgan fingerprint density at radius 2 is 1.67 bits per heavy atom. The molecule has 0 atom stereocenters. The number of fused-ring (bicyclic) bond motifs is 1. The highest BCUT2D eigenvalue weighted by atomic mass is 35.5. The minimum atomic E-state index is 0.277. The molecule has 33 heavy (non-hydrogen) atoms. The number of rotatable bonds is 5. The minimum absolute atomic E-state index is 0.277. The van der Waals surface area contributed by atoms with Gasteiger partial charge in [-0.15, -0.1) is 11.3 Å². The van der Waals surface area contributed by atoms with Gasteiger partial charge in [-0.2, -0.15) is 4.98 Å². The van der Waals surface area contributed by atoms with Crippen molar-refractivity contribution in [2.24, 2.45) is 0 Å². The van der Waals surface area contributed by atoms with E-state index in [2.05, 4.69) is 56.3 Å². The maximum Gasteiger partial charge on any atom is 0.225 e. The maximum absolute atomic E-state index is 6.34. The lowest BCUT2D eigenvalue weighted by atomic mass is 10.0. The van der Waals surface area contributed by atoms with Crippen molar-refractivity contribution in [3.8, 4) is 22.6 Å². The molecule has 0 amide bonds. The summed E-state index contributed by atoms with van der Waals surface area (Å²) < 4.78 is 10.9. The Kier molecular flexibility index (Phi) is 6.00. The van der Waals surface area contributed by atoms with Gasteiger partial charge in [-0.1, -0.05) is 18.2 Å². The lowest BCUT2D eigenvalue weighted by Gasteiger charge is -2.37. The molecule has 0 unspecified atom stereocenters. The zero-order chi connectivity index (χ0) is 22.9. The smallest absolute Gasteiger partial charge is 0.225 e. The van der Waals surface area contributed by atoms with Crippen molar-refractivity contribution in [1.29, 1.82) is 0 Å². The average molecular weight is 481 g/mol. The molecule has 0 N–H and O–H groups in total. The molecule has 0 bridgehead atoms. The summed E-state index contributed by atoms with van der Waals surface area (Å²) in [7, 11) is 3.29. The number of hydrogen-bond donors (Lipinski definition) is 0. The summed E-state index contributed by atoms with van der Waals surface area (Å²) in [6.07, 6.45) is 0. The van der Waals surface area contributed by atoms with Gasteiger partial charge in [-0.3, -0.25) is 0 Å². The van der Waals surface area contributed by atoms with Gasteiger partial charge in [-0.25, -0.2) is 4.98 Å². The summed E-state index contributed by atoms with van der Waals surface area (Å²) in [5.41, 5.74) is 4.65. The van der Waals surface area contributed by atoms with Crippen molar-refractivity contribution in [2.45, 2.75) is 6.92 Å². The van der Waals surface area contributed by atoms with Gasteiger partial charge < -0.3 is 19.3 Å². The summed E-state index contributed by atoms with van der Waals surface area (Å²) in [5.74, 6) is 2.28. The van der Waals surface area contributed by atoms with Crippen LogP contribution in [0, 0.1) is 6.92 Å². The van der Waals surface area contributed by atoms with Gasteiger partial charge in [0.05, 0.1) is 19.6 Å². The van der Waals surface area contributed by atoms with Crippen molar-refractivity contribution in [3.05, 3.63) is 58.7 Å². The van der Waals surface area contributed by atoms with Crippen LogP contribution in [0.2, 0.25) is 5.28 Å². The zero-order valence-electron chi connectivity index (χ0n) is 18.8. The number of aromatic nitrogens is 2. The summed E-state index contributed by atoms with van der Waals surface area (Å²) in [5, 5.41) is 3.42. The highest BCUT2D eigenvalue weighted by molar-refractivity contribution is 7.17. The third-order valence-corrected chi connectivity index (χ3v) is 7.07. The Balaban J connectivity index is 1.50. The Hall–Kier alpha value is -3.03. The second kappa shape index (κ2) is 9.08. The summed E-state index contributed by atoms with van der Waals surface area (Å²) in [6.45, 7) is 5.69. The van der Waals surface area contributed by atoms with E-state index in [-0.39, 0.29) is 5.28 Å². The molecule has 6 nitrogen and oxygen atoms in total. The van der Waals surface area contributed by atoms with Gasteiger partial charge >= 0.3 is 0 Å². The van der Waals surface area contributed by atoms with Crippen LogP contribution in [0.1, 0.15) is 5.56 Å². The molecule has 5 rings (SSSR count). The van der Waals surface area contributed by atoms with E-state index in [1.807, 2.05) is 18.2 Å². The molecule has 1 fully saturated rings. The highest BCUT2D eigenvalue weighted by Crippen LogP contribution is 2.41. The maximum atomic E-state index is 6.34. The van der Waals surface area contributed by atoms with E-state index in [1.54, 1.807) is 25.6 Å². The second-order valence-corrected chi connectivity index (χ2v) is 9.22. The number of nitrogens with zero attached hydrogens (tertiary/aromatic N) is 4. The monoisotopic (exact) mass is 480 g/mol. The van der Waals surface area contributed by atoms with Crippen molar-refractivity contribution in [3.63, 3.8) is 0 Å².